The molecule has 19 heavy (non-hydrogen) atoms. The lowest BCUT2D eigenvalue weighted by Crippen LogP contribution is -2.42. The van der Waals surface area contributed by atoms with Crippen molar-refractivity contribution in [3.05, 3.63) is 40.5 Å². The lowest BCUT2D eigenvalue weighted by molar-refractivity contribution is -0.510. The summed E-state index contributed by atoms with van der Waals surface area (Å²) in [5.41, 5.74) is 12.3. The molecule has 1 heterocycles. The van der Waals surface area contributed by atoms with Crippen molar-refractivity contribution >= 4 is 11.9 Å². The molecule has 102 valence electrons. The third-order valence-corrected chi connectivity index (χ3v) is 4.10. The maximum Gasteiger partial charge on any atom is 0.193 e. The monoisotopic (exact) mass is 258 g/mol. The van der Waals surface area contributed by atoms with Crippen molar-refractivity contribution in [3.8, 4) is 0 Å². The molecule has 1 aromatic rings. The molecule has 1 unspecified atom stereocenters. The van der Waals surface area contributed by atoms with Gasteiger partial charge < -0.3 is 5.73 Å². The summed E-state index contributed by atoms with van der Waals surface area (Å²) in [5, 5.41) is 2.32. The lowest BCUT2D eigenvalue weighted by atomic mass is 9.96. The summed E-state index contributed by atoms with van der Waals surface area (Å²) >= 11 is 0. The number of hydrogen-bond acceptors (Lipinski definition) is 2. The smallest absolute Gasteiger partial charge is 0.193 e. The molecule has 0 aliphatic carbocycles. The fourth-order valence-corrected chi connectivity index (χ4v) is 2.83. The highest BCUT2D eigenvalue weighted by atomic mass is 15.6. The van der Waals surface area contributed by atoms with Gasteiger partial charge in [-0.05, 0) is 56.0 Å². The Kier molecular flexibility index (Phi) is 3.76. The van der Waals surface area contributed by atoms with E-state index in [0.29, 0.717) is 12.6 Å². The predicted octanol–water partition coefficient (Wildman–Crippen LogP) is 2.46. The van der Waals surface area contributed by atoms with Crippen molar-refractivity contribution in [1.29, 1.82) is 0 Å². The summed E-state index contributed by atoms with van der Waals surface area (Å²) in [6.07, 6.45) is 6.40. The number of hydrazine groups is 1. The van der Waals surface area contributed by atoms with E-state index in [-0.39, 0.29) is 0 Å². The number of rotatable bonds is 2. The van der Waals surface area contributed by atoms with Gasteiger partial charge in [0.2, 0.25) is 0 Å². The van der Waals surface area contributed by atoms with E-state index in [9.17, 15) is 0 Å². The molecule has 3 nitrogen and oxygen atoms in total. The Bertz CT molecular complexity index is 556. The number of hydrazone groups is 1. The Morgan fingerprint density at radius 2 is 1.95 bits per heavy atom. The van der Waals surface area contributed by atoms with Crippen LogP contribution in [-0.4, -0.2) is 24.0 Å². The second kappa shape index (κ2) is 5.17. The maximum absolute atomic E-state index is 5.86. The van der Waals surface area contributed by atoms with Crippen LogP contribution < -0.4 is 10.7 Å². The summed E-state index contributed by atoms with van der Waals surface area (Å²) < 4.78 is 2.15. The van der Waals surface area contributed by atoms with Crippen LogP contribution in [0.5, 0.6) is 0 Å². The number of nitrogens with zero attached hydrogens (tertiary/aromatic N) is 2. The summed E-state index contributed by atoms with van der Waals surface area (Å²) in [7, 11) is 2.08. The fraction of sp³-hybridized carbons (Fsp3) is 0.438. The number of allylic oxidation sites excluding steroid dienone is 1. The molecule has 0 bridgehead atoms. The van der Waals surface area contributed by atoms with Gasteiger partial charge in [0.15, 0.2) is 13.3 Å². The minimum absolute atomic E-state index is 0.358. The maximum atomic E-state index is 5.86. The normalized spacial score (nSPS) is 18.7. The Morgan fingerprint density at radius 1 is 1.26 bits per heavy atom. The number of aryl methyl sites for hydroxylation is 1. The van der Waals surface area contributed by atoms with Gasteiger partial charge in [0.05, 0.1) is 0 Å². The molecule has 2 N–H and O–H groups in total. The summed E-state index contributed by atoms with van der Waals surface area (Å²) in [6, 6.07) is 2.61. The molecule has 1 aromatic carbocycles. The average molecular weight is 258 g/mol. The van der Waals surface area contributed by atoms with Gasteiger partial charge in [0.1, 0.15) is 11.7 Å². The zero-order valence-corrected chi connectivity index (χ0v) is 12.6. The van der Waals surface area contributed by atoms with E-state index >= 15 is 0 Å². The standard InChI is InChI=1S/C16H24N3/c1-11-9-16(14(4)13(3)15(11)10-17)19-12(2)7-6-8-18(19)5/h6-9,12H,10,17H2,1-5H3/q+1. The van der Waals surface area contributed by atoms with Gasteiger partial charge in [-0.25, -0.2) is 0 Å². The molecular weight excluding hydrogens is 234 g/mol. The highest BCUT2D eigenvalue weighted by molar-refractivity contribution is 5.70. The van der Waals surface area contributed by atoms with Crippen molar-refractivity contribution in [3.63, 3.8) is 0 Å². The molecule has 1 aliphatic heterocycles. The van der Waals surface area contributed by atoms with Gasteiger partial charge in [-0.1, -0.05) is 6.08 Å². The minimum Gasteiger partial charge on any atom is -0.326 e. The number of anilines is 1. The first kappa shape index (κ1) is 13.8. The first-order chi connectivity index (χ1) is 8.97. The minimum atomic E-state index is 0.358. The van der Waals surface area contributed by atoms with Crippen LogP contribution in [-0.2, 0) is 6.54 Å². The van der Waals surface area contributed by atoms with Gasteiger partial charge in [-0.15, -0.1) is 9.69 Å². The quantitative estimate of drug-likeness (QED) is 0.827. The van der Waals surface area contributed by atoms with Gasteiger partial charge in [0.25, 0.3) is 0 Å². The van der Waals surface area contributed by atoms with Gasteiger partial charge in [0, 0.05) is 12.6 Å². The van der Waals surface area contributed by atoms with E-state index in [1.54, 1.807) is 0 Å². The van der Waals surface area contributed by atoms with Crippen LogP contribution in [0.3, 0.4) is 0 Å². The molecule has 2 rings (SSSR count). The Labute approximate surface area is 116 Å². The van der Waals surface area contributed by atoms with E-state index < -0.39 is 0 Å². The molecule has 0 radical (unpaired) electrons. The number of hydrogen-bond donors (Lipinski definition) is 1. The Balaban J connectivity index is 2.58. The van der Waals surface area contributed by atoms with E-state index in [4.69, 9.17) is 5.73 Å². The molecule has 0 fully saturated rings. The molecule has 1 aliphatic rings. The van der Waals surface area contributed by atoms with E-state index in [2.05, 4.69) is 68.9 Å². The first-order valence-electron chi connectivity index (χ1n) is 6.80. The van der Waals surface area contributed by atoms with Crippen molar-refractivity contribution < 1.29 is 4.68 Å². The fourth-order valence-electron chi connectivity index (χ4n) is 2.83. The summed E-state index contributed by atoms with van der Waals surface area (Å²) in [4.78, 5) is 0. The zero-order valence-electron chi connectivity index (χ0n) is 12.6. The van der Waals surface area contributed by atoms with Crippen LogP contribution >= 0.6 is 0 Å². The third kappa shape index (κ3) is 2.30. The van der Waals surface area contributed by atoms with Crippen LogP contribution in [0, 0.1) is 20.8 Å². The largest absolute Gasteiger partial charge is 0.326 e. The lowest BCUT2D eigenvalue weighted by Gasteiger charge is -2.28. The molecular formula is C16H24N3+. The molecule has 0 saturated heterocycles. The molecule has 1 atom stereocenters. The Hall–Kier alpha value is -1.61. The van der Waals surface area contributed by atoms with Crippen LogP contribution in [0.25, 0.3) is 0 Å². The van der Waals surface area contributed by atoms with Crippen LogP contribution in [0.1, 0.15) is 29.2 Å². The third-order valence-electron chi connectivity index (χ3n) is 4.10. The SMILES string of the molecule is Cc1cc(N2C(C)C=CC=[N+]2C)c(C)c(C)c1CN. The Morgan fingerprint density at radius 3 is 2.53 bits per heavy atom. The molecule has 0 amide bonds. The van der Waals surface area contributed by atoms with Crippen LogP contribution in [0.2, 0.25) is 0 Å². The molecule has 0 saturated carbocycles. The topological polar surface area (TPSA) is 32.3 Å². The van der Waals surface area contributed by atoms with Crippen LogP contribution in [0.4, 0.5) is 5.69 Å². The number of nitrogens with two attached hydrogens (primary N) is 1. The summed E-state index contributed by atoms with van der Waals surface area (Å²) in [5.74, 6) is 0. The molecule has 0 spiro atoms. The second-order valence-electron chi connectivity index (χ2n) is 5.34. The van der Waals surface area contributed by atoms with E-state index in [1.807, 2.05) is 0 Å². The number of benzene rings is 1. The van der Waals surface area contributed by atoms with Crippen molar-refractivity contribution in [2.75, 3.05) is 12.1 Å². The van der Waals surface area contributed by atoms with Crippen molar-refractivity contribution in [1.82, 2.24) is 0 Å². The van der Waals surface area contributed by atoms with Crippen molar-refractivity contribution in [2.45, 2.75) is 40.3 Å². The van der Waals surface area contributed by atoms with Gasteiger partial charge >= 0.3 is 0 Å². The second-order valence-corrected chi connectivity index (χ2v) is 5.34. The zero-order chi connectivity index (χ0) is 14.2. The van der Waals surface area contributed by atoms with Crippen molar-refractivity contribution in [2.24, 2.45) is 5.73 Å². The van der Waals surface area contributed by atoms with Crippen LogP contribution in [0.15, 0.2) is 18.2 Å². The van der Waals surface area contributed by atoms with E-state index in [1.165, 1.54) is 27.9 Å². The highest BCUT2D eigenvalue weighted by Crippen LogP contribution is 2.30. The van der Waals surface area contributed by atoms with E-state index in [0.717, 1.165) is 0 Å². The van der Waals surface area contributed by atoms with Gasteiger partial charge in [-0.2, -0.15) is 0 Å². The molecule has 0 aromatic heterocycles. The van der Waals surface area contributed by atoms with Gasteiger partial charge in [-0.3, -0.25) is 0 Å². The molecule has 3 heteroatoms. The summed E-state index contributed by atoms with van der Waals surface area (Å²) in [6.45, 7) is 9.31. The predicted molar refractivity (Wildman–Crippen MR) is 81.9 cm³/mol. The first-order valence-corrected chi connectivity index (χ1v) is 6.80. The average Bonchev–Trinajstić information content (AvgIpc) is 2.35. The highest BCUT2D eigenvalue weighted by Gasteiger charge is 2.26.